The normalized spacial score (nSPS) is 10.6. The fraction of sp³-hybridized carbons (Fsp3) is 0.444. The molecule has 0 spiro atoms. The summed E-state index contributed by atoms with van der Waals surface area (Å²) < 4.78 is 0. The van der Waals surface area contributed by atoms with Crippen molar-refractivity contribution < 1.29 is 9.90 Å². The molecule has 1 N–H and O–H groups in total. The van der Waals surface area contributed by atoms with Gasteiger partial charge in [-0.15, -0.1) is 0 Å². The Morgan fingerprint density at radius 2 is 2.33 bits per heavy atom. The fourth-order valence-corrected chi connectivity index (χ4v) is 1.54. The van der Waals surface area contributed by atoms with Crippen LogP contribution >= 0.6 is 11.8 Å². The number of carboxylic acid groups (broad SMARTS) is 1. The molecule has 0 aliphatic heterocycles. The molecular weight excluding hydrogens is 216 g/mol. The van der Waals surface area contributed by atoms with E-state index in [4.69, 9.17) is 0 Å². The van der Waals surface area contributed by atoms with Crippen LogP contribution in [-0.2, 0) is 4.79 Å². The van der Waals surface area contributed by atoms with Gasteiger partial charge in [0, 0.05) is 11.8 Å². The van der Waals surface area contributed by atoms with E-state index in [1.165, 1.54) is 6.07 Å². The summed E-state index contributed by atoms with van der Waals surface area (Å²) in [5.74, 6) is -1.27. The van der Waals surface area contributed by atoms with Crippen LogP contribution in [0.2, 0.25) is 0 Å². The highest BCUT2D eigenvalue weighted by atomic mass is 32.2. The van der Waals surface area contributed by atoms with Gasteiger partial charge in [0.15, 0.2) is 5.16 Å². The van der Waals surface area contributed by atoms with Crippen LogP contribution in [-0.4, -0.2) is 21.7 Å². The van der Waals surface area contributed by atoms with Crippen LogP contribution < -0.4 is 10.7 Å². The first-order valence-electron chi connectivity index (χ1n) is 4.43. The van der Waals surface area contributed by atoms with E-state index in [0.29, 0.717) is 10.9 Å². The van der Waals surface area contributed by atoms with Gasteiger partial charge >= 0.3 is 0 Å². The molecule has 0 amide bonds. The largest absolute Gasteiger partial charge is 0.549 e. The van der Waals surface area contributed by atoms with Gasteiger partial charge in [-0.25, -0.2) is 4.98 Å². The van der Waals surface area contributed by atoms with Gasteiger partial charge in [0.2, 0.25) is 0 Å². The first-order chi connectivity index (χ1) is 6.99. The average Bonchev–Trinajstić information content (AvgIpc) is 2.13. The number of aromatic amines is 1. The monoisotopic (exact) mass is 227 g/mol. The summed E-state index contributed by atoms with van der Waals surface area (Å²) in [6, 6.07) is 1.41. The minimum absolute atomic E-state index is 0.134. The molecule has 6 heteroatoms. The SMILES string of the molecule is CC(C)c1cc(=O)[nH]c(SCC(=O)[O-])n1. The number of hydrogen-bond acceptors (Lipinski definition) is 5. The molecule has 0 aromatic carbocycles. The van der Waals surface area contributed by atoms with Crippen LogP contribution in [0, 0.1) is 0 Å². The Bertz CT molecular complexity index is 414. The molecule has 0 radical (unpaired) electrons. The third-order valence-corrected chi connectivity index (χ3v) is 2.50. The number of aromatic nitrogens is 2. The zero-order chi connectivity index (χ0) is 11.4. The van der Waals surface area contributed by atoms with Gasteiger partial charge in [0.05, 0.1) is 11.7 Å². The van der Waals surface area contributed by atoms with Crippen molar-refractivity contribution in [1.29, 1.82) is 0 Å². The Morgan fingerprint density at radius 3 is 2.87 bits per heavy atom. The third kappa shape index (κ3) is 3.75. The summed E-state index contributed by atoms with van der Waals surface area (Å²) in [4.78, 5) is 28.0. The van der Waals surface area contributed by atoms with Crippen molar-refractivity contribution in [2.45, 2.75) is 24.9 Å². The maximum absolute atomic E-state index is 11.2. The zero-order valence-electron chi connectivity index (χ0n) is 8.44. The van der Waals surface area contributed by atoms with Crippen molar-refractivity contribution in [2.24, 2.45) is 0 Å². The van der Waals surface area contributed by atoms with Crippen LogP contribution in [0.15, 0.2) is 16.0 Å². The van der Waals surface area contributed by atoms with Crippen LogP contribution in [0.5, 0.6) is 0 Å². The van der Waals surface area contributed by atoms with Crippen LogP contribution in [0.4, 0.5) is 0 Å². The van der Waals surface area contributed by atoms with Crippen LogP contribution in [0.25, 0.3) is 0 Å². The van der Waals surface area contributed by atoms with Crippen molar-refractivity contribution >= 4 is 17.7 Å². The summed E-state index contributed by atoms with van der Waals surface area (Å²) >= 11 is 0.946. The first-order valence-corrected chi connectivity index (χ1v) is 5.41. The van der Waals surface area contributed by atoms with Crippen molar-refractivity contribution in [3.05, 3.63) is 22.1 Å². The molecule has 0 bridgehead atoms. The average molecular weight is 227 g/mol. The van der Waals surface area contributed by atoms with E-state index in [9.17, 15) is 14.7 Å². The van der Waals surface area contributed by atoms with E-state index in [0.717, 1.165) is 11.8 Å². The molecule has 82 valence electrons. The molecule has 1 heterocycles. The summed E-state index contributed by atoms with van der Waals surface area (Å²) in [7, 11) is 0. The maximum Gasteiger partial charge on any atom is 0.251 e. The van der Waals surface area contributed by atoms with Gasteiger partial charge in [0.1, 0.15) is 0 Å². The number of nitrogens with zero attached hydrogens (tertiary/aromatic N) is 1. The number of hydrogen-bond donors (Lipinski definition) is 1. The molecule has 0 atom stereocenters. The topological polar surface area (TPSA) is 85.9 Å². The zero-order valence-corrected chi connectivity index (χ0v) is 9.26. The van der Waals surface area contributed by atoms with E-state index in [2.05, 4.69) is 9.97 Å². The molecule has 1 aromatic heterocycles. The number of nitrogens with one attached hydrogen (secondary N) is 1. The Balaban J connectivity index is 2.89. The van der Waals surface area contributed by atoms with Gasteiger partial charge in [0.25, 0.3) is 5.56 Å². The first kappa shape index (κ1) is 11.8. The molecule has 1 aromatic rings. The van der Waals surface area contributed by atoms with E-state index >= 15 is 0 Å². The lowest BCUT2D eigenvalue weighted by molar-refractivity contribution is -0.301. The van der Waals surface area contributed by atoms with Crippen molar-refractivity contribution in [1.82, 2.24) is 9.97 Å². The van der Waals surface area contributed by atoms with Crippen LogP contribution in [0.1, 0.15) is 25.5 Å². The number of H-pyrrole nitrogens is 1. The standard InChI is InChI=1S/C9H12N2O3S/c1-5(2)6-3-7(12)11-9(10-6)15-4-8(13)14/h3,5H,4H2,1-2H3,(H,13,14)(H,10,11,12)/p-1. The highest BCUT2D eigenvalue weighted by molar-refractivity contribution is 7.99. The number of carbonyl (C=O) groups is 1. The molecule has 0 unspecified atom stereocenters. The molecule has 0 saturated carbocycles. The third-order valence-electron chi connectivity index (χ3n) is 1.66. The summed E-state index contributed by atoms with van der Waals surface area (Å²) in [6.07, 6.45) is 0. The molecule has 0 aliphatic carbocycles. The minimum Gasteiger partial charge on any atom is -0.549 e. The molecule has 0 saturated heterocycles. The Labute approximate surface area is 90.9 Å². The Morgan fingerprint density at radius 1 is 1.67 bits per heavy atom. The lowest BCUT2D eigenvalue weighted by Gasteiger charge is -2.06. The van der Waals surface area contributed by atoms with Gasteiger partial charge < -0.3 is 14.9 Å². The molecule has 0 fully saturated rings. The number of carboxylic acids is 1. The van der Waals surface area contributed by atoms with Crippen molar-refractivity contribution in [3.63, 3.8) is 0 Å². The van der Waals surface area contributed by atoms with Crippen molar-refractivity contribution in [3.8, 4) is 0 Å². The van der Waals surface area contributed by atoms with E-state index in [1.807, 2.05) is 13.8 Å². The number of carbonyl (C=O) groups excluding carboxylic acids is 1. The highest BCUT2D eigenvalue weighted by Gasteiger charge is 2.05. The smallest absolute Gasteiger partial charge is 0.251 e. The lowest BCUT2D eigenvalue weighted by atomic mass is 10.1. The summed E-state index contributed by atoms with van der Waals surface area (Å²) in [6.45, 7) is 3.82. The second kappa shape index (κ2) is 4.97. The predicted octanol–water partition coefficient (Wildman–Crippen LogP) is -0.265. The van der Waals surface area contributed by atoms with Crippen LogP contribution in [0.3, 0.4) is 0 Å². The van der Waals surface area contributed by atoms with Gasteiger partial charge in [-0.05, 0) is 5.92 Å². The van der Waals surface area contributed by atoms with Gasteiger partial charge in [-0.3, -0.25) is 4.79 Å². The lowest BCUT2D eigenvalue weighted by Crippen LogP contribution is -2.24. The van der Waals surface area contributed by atoms with E-state index in [1.54, 1.807) is 0 Å². The minimum atomic E-state index is -1.18. The van der Waals surface area contributed by atoms with Gasteiger partial charge in [-0.1, -0.05) is 25.6 Å². The summed E-state index contributed by atoms with van der Waals surface area (Å²) in [5, 5.41) is 10.5. The maximum atomic E-state index is 11.2. The second-order valence-electron chi connectivity index (χ2n) is 3.29. The fourth-order valence-electron chi connectivity index (χ4n) is 0.945. The Kier molecular flexibility index (Phi) is 3.90. The van der Waals surface area contributed by atoms with Crippen molar-refractivity contribution in [2.75, 3.05) is 5.75 Å². The molecular formula is C9H11N2O3S-. The van der Waals surface area contributed by atoms with E-state index < -0.39 is 5.97 Å². The number of thioether (sulfide) groups is 1. The highest BCUT2D eigenvalue weighted by Crippen LogP contribution is 2.14. The predicted molar refractivity (Wildman–Crippen MR) is 54.7 cm³/mol. The van der Waals surface area contributed by atoms with Gasteiger partial charge in [-0.2, -0.15) is 0 Å². The molecule has 0 aliphatic rings. The number of rotatable bonds is 4. The molecule has 5 nitrogen and oxygen atoms in total. The number of aliphatic carboxylic acids is 1. The van der Waals surface area contributed by atoms with E-state index in [-0.39, 0.29) is 17.2 Å². The quantitative estimate of drug-likeness (QED) is 0.565. The molecule has 15 heavy (non-hydrogen) atoms. The second-order valence-corrected chi connectivity index (χ2v) is 4.25. The molecule has 1 rings (SSSR count). The Hall–Kier alpha value is -1.30. The summed E-state index contributed by atoms with van der Waals surface area (Å²) in [5.41, 5.74) is 0.383.